The summed E-state index contributed by atoms with van der Waals surface area (Å²) in [4.78, 5) is 0. The van der Waals surface area contributed by atoms with E-state index < -0.39 is 17.3 Å². The highest BCUT2D eigenvalue weighted by molar-refractivity contribution is 5.55. The molecule has 0 spiro atoms. The highest BCUT2D eigenvalue weighted by Crippen LogP contribution is 2.47. The van der Waals surface area contributed by atoms with Crippen LogP contribution in [0, 0.1) is 0 Å². The van der Waals surface area contributed by atoms with E-state index in [2.05, 4.69) is 0 Å². The van der Waals surface area contributed by atoms with Crippen LogP contribution in [0.3, 0.4) is 0 Å². The number of alkyl halides is 3. The van der Waals surface area contributed by atoms with Crippen LogP contribution in [0.2, 0.25) is 0 Å². The molecule has 1 N–H and O–H groups in total. The first-order chi connectivity index (χ1) is 8.21. The Balaban J connectivity index is 2.64. The fourth-order valence-electron chi connectivity index (χ4n) is 1.84. The lowest BCUT2D eigenvalue weighted by Gasteiger charge is -2.28. The van der Waals surface area contributed by atoms with Gasteiger partial charge in [0.05, 0.1) is 5.60 Å². The van der Waals surface area contributed by atoms with Crippen LogP contribution >= 0.6 is 0 Å². The third kappa shape index (κ3) is 2.25. The van der Waals surface area contributed by atoms with E-state index in [9.17, 15) is 18.3 Å². The van der Waals surface area contributed by atoms with Crippen LogP contribution < -0.4 is 9.47 Å². The Morgan fingerprint density at radius 3 is 1.89 bits per heavy atom. The van der Waals surface area contributed by atoms with Crippen molar-refractivity contribution in [2.75, 3.05) is 13.2 Å². The molecule has 1 aliphatic rings. The van der Waals surface area contributed by atoms with Crippen molar-refractivity contribution >= 4 is 0 Å². The van der Waals surface area contributed by atoms with Crippen LogP contribution in [0.4, 0.5) is 13.2 Å². The minimum absolute atomic E-state index is 0.0245. The maximum absolute atomic E-state index is 12.8. The molecule has 18 heavy (non-hydrogen) atoms. The molecule has 0 fully saturated rings. The van der Waals surface area contributed by atoms with Crippen molar-refractivity contribution in [2.45, 2.75) is 25.6 Å². The summed E-state index contributed by atoms with van der Waals surface area (Å²) in [5.41, 5.74) is -1.90. The molecule has 1 aromatic carbocycles. The number of hydrogen-bond donors (Lipinski definition) is 1. The van der Waals surface area contributed by atoms with Gasteiger partial charge in [0.1, 0.15) is 18.8 Å². The van der Waals surface area contributed by atoms with E-state index in [1.54, 1.807) is 0 Å². The van der Waals surface area contributed by atoms with E-state index in [-0.39, 0.29) is 30.3 Å². The summed E-state index contributed by atoms with van der Waals surface area (Å²) >= 11 is 0. The van der Waals surface area contributed by atoms with Gasteiger partial charge >= 0.3 is 6.18 Å². The van der Waals surface area contributed by atoms with Crippen molar-refractivity contribution in [3.8, 4) is 11.5 Å². The first kappa shape index (κ1) is 13.0. The maximum atomic E-state index is 12.8. The minimum atomic E-state index is -4.51. The van der Waals surface area contributed by atoms with Gasteiger partial charge in [-0.15, -0.1) is 0 Å². The molecule has 0 saturated carbocycles. The fraction of sp³-hybridized carbons (Fsp3) is 0.500. The fourth-order valence-corrected chi connectivity index (χ4v) is 1.84. The molecule has 0 bridgehead atoms. The number of halogens is 3. The second kappa shape index (κ2) is 4.05. The summed E-state index contributed by atoms with van der Waals surface area (Å²) in [5, 5.41) is 9.92. The van der Waals surface area contributed by atoms with E-state index >= 15 is 0 Å². The molecule has 0 atom stereocenters. The number of benzene rings is 1. The molecule has 0 amide bonds. The summed E-state index contributed by atoms with van der Waals surface area (Å²) in [7, 11) is 0. The standard InChI is InChI=1S/C12H13F3O3/c1-11(2,16)7-3-4-8(12(13,14)15)10-9(7)17-5-6-18-10/h3-4,16H,5-6H2,1-2H3. The lowest BCUT2D eigenvalue weighted by atomic mass is 9.95. The van der Waals surface area contributed by atoms with Crippen LogP contribution in [-0.2, 0) is 11.8 Å². The van der Waals surface area contributed by atoms with E-state index in [4.69, 9.17) is 9.47 Å². The van der Waals surface area contributed by atoms with Crippen molar-refractivity contribution in [2.24, 2.45) is 0 Å². The van der Waals surface area contributed by atoms with Gasteiger partial charge in [-0.2, -0.15) is 13.2 Å². The van der Waals surface area contributed by atoms with Gasteiger partial charge < -0.3 is 14.6 Å². The molecule has 3 nitrogen and oxygen atoms in total. The average molecular weight is 262 g/mol. The first-order valence-corrected chi connectivity index (χ1v) is 5.44. The van der Waals surface area contributed by atoms with Crippen LogP contribution in [0.1, 0.15) is 25.0 Å². The third-order valence-corrected chi connectivity index (χ3v) is 2.65. The quantitative estimate of drug-likeness (QED) is 0.845. The number of fused-ring (bicyclic) bond motifs is 1. The summed E-state index contributed by atoms with van der Waals surface area (Å²) in [6.45, 7) is 3.18. The average Bonchev–Trinajstić information content (AvgIpc) is 2.24. The number of ether oxygens (including phenoxy) is 2. The van der Waals surface area contributed by atoms with Gasteiger partial charge in [0.15, 0.2) is 11.5 Å². The van der Waals surface area contributed by atoms with E-state index in [1.165, 1.54) is 19.9 Å². The third-order valence-electron chi connectivity index (χ3n) is 2.65. The highest BCUT2D eigenvalue weighted by atomic mass is 19.4. The summed E-state index contributed by atoms with van der Waals surface area (Å²) in [6.07, 6.45) is -4.51. The Morgan fingerprint density at radius 2 is 1.44 bits per heavy atom. The van der Waals surface area contributed by atoms with E-state index in [0.29, 0.717) is 0 Å². The molecule has 0 saturated heterocycles. The molecule has 0 radical (unpaired) electrons. The Kier molecular flexibility index (Phi) is 2.93. The molecule has 0 unspecified atom stereocenters. The molecule has 2 rings (SSSR count). The van der Waals surface area contributed by atoms with Gasteiger partial charge in [0.2, 0.25) is 0 Å². The predicted molar refractivity (Wildman–Crippen MR) is 57.7 cm³/mol. The van der Waals surface area contributed by atoms with Gasteiger partial charge in [-0.3, -0.25) is 0 Å². The molecule has 1 aliphatic heterocycles. The molecule has 100 valence electrons. The normalized spacial score (nSPS) is 15.7. The second-order valence-electron chi connectivity index (χ2n) is 4.57. The van der Waals surface area contributed by atoms with E-state index in [1.807, 2.05) is 0 Å². The van der Waals surface area contributed by atoms with Gasteiger partial charge in [0, 0.05) is 5.56 Å². The summed E-state index contributed by atoms with van der Waals surface area (Å²) in [6, 6.07) is 2.12. The summed E-state index contributed by atoms with van der Waals surface area (Å²) in [5.74, 6) is -0.364. The van der Waals surface area contributed by atoms with Crippen LogP contribution in [0.25, 0.3) is 0 Å². The van der Waals surface area contributed by atoms with Gasteiger partial charge in [-0.25, -0.2) is 0 Å². The Bertz CT molecular complexity index is 418. The first-order valence-electron chi connectivity index (χ1n) is 5.44. The lowest BCUT2D eigenvalue weighted by Crippen LogP contribution is -2.24. The molecule has 6 heteroatoms. The molecule has 0 aliphatic carbocycles. The Morgan fingerprint density at radius 1 is 1.00 bits per heavy atom. The number of rotatable bonds is 1. The van der Waals surface area contributed by atoms with Crippen molar-refractivity contribution in [3.63, 3.8) is 0 Å². The minimum Gasteiger partial charge on any atom is -0.486 e. The monoisotopic (exact) mass is 262 g/mol. The van der Waals surface area contributed by atoms with Crippen LogP contribution in [-0.4, -0.2) is 18.3 Å². The smallest absolute Gasteiger partial charge is 0.420 e. The molecule has 1 aromatic rings. The van der Waals surface area contributed by atoms with E-state index in [0.717, 1.165) is 6.07 Å². The maximum Gasteiger partial charge on any atom is 0.420 e. The number of hydrogen-bond acceptors (Lipinski definition) is 3. The van der Waals surface area contributed by atoms with Crippen molar-refractivity contribution in [3.05, 3.63) is 23.3 Å². The van der Waals surface area contributed by atoms with Gasteiger partial charge in [0.25, 0.3) is 0 Å². The predicted octanol–water partition coefficient (Wildman–Crippen LogP) is 2.70. The van der Waals surface area contributed by atoms with Crippen molar-refractivity contribution in [1.82, 2.24) is 0 Å². The molecular weight excluding hydrogens is 249 g/mol. The Hall–Kier alpha value is -1.43. The van der Waals surface area contributed by atoms with Crippen LogP contribution in [0.5, 0.6) is 11.5 Å². The Labute approximate surface area is 102 Å². The lowest BCUT2D eigenvalue weighted by molar-refractivity contribution is -0.139. The SMILES string of the molecule is CC(C)(O)c1ccc(C(F)(F)F)c2c1OCCO2. The zero-order chi connectivity index (χ0) is 13.6. The largest absolute Gasteiger partial charge is 0.486 e. The van der Waals surface area contributed by atoms with Gasteiger partial charge in [-0.1, -0.05) is 6.07 Å². The zero-order valence-corrected chi connectivity index (χ0v) is 9.97. The zero-order valence-electron chi connectivity index (χ0n) is 9.97. The van der Waals surface area contributed by atoms with Crippen molar-refractivity contribution < 1.29 is 27.8 Å². The highest BCUT2D eigenvalue weighted by Gasteiger charge is 2.39. The topological polar surface area (TPSA) is 38.7 Å². The molecule has 1 heterocycles. The van der Waals surface area contributed by atoms with Crippen LogP contribution in [0.15, 0.2) is 12.1 Å². The number of aliphatic hydroxyl groups is 1. The second-order valence-corrected chi connectivity index (χ2v) is 4.57. The van der Waals surface area contributed by atoms with Gasteiger partial charge in [-0.05, 0) is 19.9 Å². The summed E-state index contributed by atoms with van der Waals surface area (Å²) < 4.78 is 48.7. The molecule has 0 aromatic heterocycles. The van der Waals surface area contributed by atoms with Crippen molar-refractivity contribution in [1.29, 1.82) is 0 Å². The molecular formula is C12H13F3O3.